The highest BCUT2D eigenvalue weighted by Crippen LogP contribution is 2.19. The zero-order chi connectivity index (χ0) is 11.0. The Labute approximate surface area is 88.7 Å². The van der Waals surface area contributed by atoms with Crippen LogP contribution in [0.4, 0.5) is 0 Å². The van der Waals surface area contributed by atoms with Crippen molar-refractivity contribution in [1.82, 2.24) is 9.55 Å². The minimum atomic E-state index is -0.378. The first-order valence-electron chi connectivity index (χ1n) is 4.85. The summed E-state index contributed by atoms with van der Waals surface area (Å²) in [5.74, 6) is 0.994. The van der Waals surface area contributed by atoms with Crippen LogP contribution < -0.4 is 5.73 Å². The van der Waals surface area contributed by atoms with Crippen molar-refractivity contribution in [1.29, 1.82) is 0 Å². The van der Waals surface area contributed by atoms with E-state index in [1.807, 2.05) is 32.2 Å². The molecule has 0 aliphatic carbocycles. The topological polar surface area (TPSA) is 53.1 Å². The van der Waals surface area contributed by atoms with Gasteiger partial charge in [-0.2, -0.15) is 0 Å². The number of nitrogens with zero attached hydrogens (tertiary/aromatic N) is 2. The van der Waals surface area contributed by atoms with Crippen molar-refractivity contribution in [2.24, 2.45) is 12.8 Å². The molecule has 1 unspecified atom stereocenters. The van der Waals surface area contributed by atoms with Gasteiger partial charge in [0.1, 0.15) is 12.1 Å². The fourth-order valence-electron chi connectivity index (χ4n) is 1.65. The summed E-state index contributed by atoms with van der Waals surface area (Å²) in [6, 6.07) is 5.96. The van der Waals surface area contributed by atoms with Crippen LogP contribution >= 0.6 is 0 Å². The van der Waals surface area contributed by atoms with Crippen LogP contribution in [0.15, 0.2) is 18.2 Å². The van der Waals surface area contributed by atoms with E-state index in [1.165, 1.54) is 0 Å². The molecular formula is C11H15N3O. The van der Waals surface area contributed by atoms with Crippen molar-refractivity contribution >= 4 is 11.0 Å². The number of nitrogens with two attached hydrogens (primary N) is 1. The second-order valence-corrected chi connectivity index (χ2v) is 3.62. The number of hydrogen-bond donors (Lipinski definition) is 1. The molecule has 0 aliphatic heterocycles. The Morgan fingerprint density at radius 2 is 2.20 bits per heavy atom. The number of methoxy groups -OCH3 is 1. The Morgan fingerprint density at radius 1 is 1.47 bits per heavy atom. The Kier molecular flexibility index (Phi) is 2.46. The smallest absolute Gasteiger partial charge is 0.131 e. The van der Waals surface area contributed by atoms with Crippen molar-refractivity contribution in [3.05, 3.63) is 29.6 Å². The molecule has 1 aromatic carbocycles. The second-order valence-electron chi connectivity index (χ2n) is 3.62. The maximum atomic E-state index is 5.77. The predicted octanol–water partition coefficient (Wildman–Crippen LogP) is 1.49. The van der Waals surface area contributed by atoms with E-state index in [1.54, 1.807) is 7.11 Å². The highest BCUT2D eigenvalue weighted by Gasteiger charge is 2.08. The van der Waals surface area contributed by atoms with Crippen LogP contribution in [0.1, 0.15) is 17.6 Å². The van der Waals surface area contributed by atoms with Crippen LogP contribution in [-0.2, 0) is 11.8 Å². The van der Waals surface area contributed by atoms with Crippen LogP contribution in [-0.4, -0.2) is 16.7 Å². The molecule has 2 N–H and O–H groups in total. The van der Waals surface area contributed by atoms with E-state index >= 15 is 0 Å². The molecule has 0 saturated carbocycles. The summed E-state index contributed by atoms with van der Waals surface area (Å²) in [6.45, 7) is 1.98. The Morgan fingerprint density at radius 3 is 2.87 bits per heavy atom. The molecule has 80 valence electrons. The average Bonchev–Trinajstić information content (AvgIpc) is 2.53. The van der Waals surface area contributed by atoms with E-state index in [0.29, 0.717) is 0 Å². The molecular weight excluding hydrogens is 190 g/mol. The molecule has 0 saturated heterocycles. The quantitative estimate of drug-likeness (QED) is 0.756. The molecule has 2 aromatic rings. The third kappa shape index (κ3) is 1.62. The van der Waals surface area contributed by atoms with Gasteiger partial charge in [-0.3, -0.25) is 0 Å². The molecule has 4 heteroatoms. The number of rotatable bonds is 2. The van der Waals surface area contributed by atoms with E-state index in [9.17, 15) is 0 Å². The van der Waals surface area contributed by atoms with E-state index < -0.39 is 0 Å². The van der Waals surface area contributed by atoms with Crippen molar-refractivity contribution in [2.45, 2.75) is 13.2 Å². The predicted molar refractivity (Wildman–Crippen MR) is 59.4 cm³/mol. The molecule has 4 nitrogen and oxygen atoms in total. The van der Waals surface area contributed by atoms with Gasteiger partial charge in [0.25, 0.3) is 0 Å². The van der Waals surface area contributed by atoms with Crippen molar-refractivity contribution in [2.75, 3.05) is 7.11 Å². The molecule has 0 spiro atoms. The molecule has 0 bridgehead atoms. The maximum absolute atomic E-state index is 5.77. The van der Waals surface area contributed by atoms with Gasteiger partial charge < -0.3 is 15.0 Å². The summed E-state index contributed by atoms with van der Waals surface area (Å²) in [7, 11) is 3.60. The number of imidazole rings is 1. The highest BCUT2D eigenvalue weighted by molar-refractivity contribution is 5.76. The fraction of sp³-hybridized carbons (Fsp3) is 0.364. The van der Waals surface area contributed by atoms with Gasteiger partial charge in [-0.15, -0.1) is 0 Å². The van der Waals surface area contributed by atoms with Gasteiger partial charge in [0.15, 0.2) is 0 Å². The van der Waals surface area contributed by atoms with E-state index in [2.05, 4.69) is 9.55 Å². The van der Waals surface area contributed by atoms with Gasteiger partial charge in [0.2, 0.25) is 0 Å². The summed E-state index contributed by atoms with van der Waals surface area (Å²) < 4.78 is 7.12. The van der Waals surface area contributed by atoms with Crippen LogP contribution in [0.25, 0.3) is 11.0 Å². The lowest BCUT2D eigenvalue weighted by atomic mass is 10.2. The number of benzene rings is 1. The Balaban J connectivity index is 2.57. The van der Waals surface area contributed by atoms with Crippen molar-refractivity contribution in [3.63, 3.8) is 0 Å². The number of fused-ring (bicyclic) bond motifs is 1. The van der Waals surface area contributed by atoms with E-state index in [-0.39, 0.29) is 6.23 Å². The summed E-state index contributed by atoms with van der Waals surface area (Å²) >= 11 is 0. The fourth-order valence-corrected chi connectivity index (χ4v) is 1.65. The zero-order valence-electron chi connectivity index (χ0n) is 9.19. The number of hydrogen-bond acceptors (Lipinski definition) is 3. The molecule has 1 aromatic heterocycles. The minimum Gasteiger partial charge on any atom is -0.363 e. The molecule has 0 aliphatic rings. The zero-order valence-corrected chi connectivity index (χ0v) is 9.19. The third-order valence-electron chi connectivity index (χ3n) is 2.71. The molecule has 0 radical (unpaired) electrons. The van der Waals surface area contributed by atoms with Crippen LogP contribution in [0.2, 0.25) is 0 Å². The van der Waals surface area contributed by atoms with Crippen LogP contribution in [0.5, 0.6) is 0 Å². The number of aromatic nitrogens is 2. The normalized spacial score (nSPS) is 13.3. The van der Waals surface area contributed by atoms with Gasteiger partial charge in [-0.1, -0.05) is 6.07 Å². The summed E-state index contributed by atoms with van der Waals surface area (Å²) in [4.78, 5) is 4.44. The average molecular weight is 205 g/mol. The SMILES string of the molecule is COC(N)c1ccc2c(c1)nc(C)n2C. The van der Waals surface area contributed by atoms with E-state index in [0.717, 1.165) is 22.4 Å². The lowest BCUT2D eigenvalue weighted by Gasteiger charge is -2.09. The number of aryl methyl sites for hydroxylation is 2. The van der Waals surface area contributed by atoms with Gasteiger partial charge in [-0.25, -0.2) is 4.98 Å². The van der Waals surface area contributed by atoms with Crippen molar-refractivity contribution < 1.29 is 4.74 Å². The number of ether oxygens (including phenoxy) is 1. The summed E-state index contributed by atoms with van der Waals surface area (Å²) in [5, 5.41) is 0. The molecule has 15 heavy (non-hydrogen) atoms. The highest BCUT2D eigenvalue weighted by atomic mass is 16.5. The Hall–Kier alpha value is -1.39. The standard InChI is InChI=1S/C11H15N3O/c1-7-13-9-6-8(11(12)15-3)4-5-10(9)14(7)2/h4-6,11H,12H2,1-3H3. The first-order valence-corrected chi connectivity index (χ1v) is 4.85. The molecule has 1 heterocycles. The maximum Gasteiger partial charge on any atom is 0.131 e. The summed E-state index contributed by atoms with van der Waals surface area (Å²) in [5.41, 5.74) is 8.79. The van der Waals surface area contributed by atoms with Gasteiger partial charge in [-0.05, 0) is 24.6 Å². The molecule has 0 fully saturated rings. The molecule has 0 amide bonds. The van der Waals surface area contributed by atoms with Gasteiger partial charge >= 0.3 is 0 Å². The largest absolute Gasteiger partial charge is 0.363 e. The third-order valence-corrected chi connectivity index (χ3v) is 2.71. The lowest BCUT2D eigenvalue weighted by molar-refractivity contribution is 0.109. The monoisotopic (exact) mass is 205 g/mol. The first kappa shape index (κ1) is 10.1. The van der Waals surface area contributed by atoms with Crippen LogP contribution in [0, 0.1) is 6.92 Å². The Bertz CT molecular complexity index is 490. The first-order chi connectivity index (χ1) is 7.13. The van der Waals surface area contributed by atoms with Gasteiger partial charge in [0.05, 0.1) is 11.0 Å². The summed E-state index contributed by atoms with van der Waals surface area (Å²) in [6.07, 6.45) is -0.378. The van der Waals surface area contributed by atoms with Gasteiger partial charge in [0, 0.05) is 14.2 Å². The van der Waals surface area contributed by atoms with E-state index in [4.69, 9.17) is 10.5 Å². The van der Waals surface area contributed by atoms with Crippen LogP contribution in [0.3, 0.4) is 0 Å². The molecule has 2 rings (SSSR count). The second kappa shape index (κ2) is 3.64. The molecule has 1 atom stereocenters. The lowest BCUT2D eigenvalue weighted by Crippen LogP contribution is -2.11. The van der Waals surface area contributed by atoms with Crippen molar-refractivity contribution in [3.8, 4) is 0 Å². The minimum absolute atomic E-state index is 0.378.